The fraction of sp³-hybridized carbons (Fsp3) is 0.111. The Morgan fingerprint density at radius 2 is 1.64 bits per heavy atom. The van der Waals surface area contributed by atoms with Crippen LogP contribution in [0.15, 0.2) is 30.3 Å². The molecule has 0 fully saturated rings. The molecule has 0 aliphatic carbocycles. The first-order chi connectivity index (χ1) is 4.93. The Balaban J connectivity index is 0. The SMILES string of the molecule is COc1ccccc1.[C-]#C.[Cu+]. The molecule has 1 nitrogen and oxygen atoms in total. The van der Waals surface area contributed by atoms with Gasteiger partial charge in [0.15, 0.2) is 0 Å². The Morgan fingerprint density at radius 3 is 1.91 bits per heavy atom. The van der Waals surface area contributed by atoms with Crippen LogP contribution < -0.4 is 4.74 Å². The van der Waals surface area contributed by atoms with Crippen molar-refractivity contribution in [3.8, 4) is 12.2 Å². The summed E-state index contributed by atoms with van der Waals surface area (Å²) in [4.78, 5) is 0. The summed E-state index contributed by atoms with van der Waals surface area (Å²) in [5, 5.41) is 0. The summed E-state index contributed by atoms with van der Waals surface area (Å²) >= 11 is 0. The fourth-order valence-corrected chi connectivity index (χ4v) is 0.557. The van der Waals surface area contributed by atoms with Gasteiger partial charge in [-0.2, -0.15) is 0 Å². The molecule has 1 aromatic carbocycles. The van der Waals surface area contributed by atoms with Crippen molar-refractivity contribution in [2.24, 2.45) is 0 Å². The fourth-order valence-electron chi connectivity index (χ4n) is 0.557. The molecule has 0 spiro atoms. The molecule has 11 heavy (non-hydrogen) atoms. The smallest absolute Gasteiger partial charge is 0.697 e. The van der Waals surface area contributed by atoms with E-state index < -0.39 is 0 Å². The number of para-hydroxylation sites is 1. The van der Waals surface area contributed by atoms with Gasteiger partial charge in [-0.05, 0) is 12.1 Å². The minimum Gasteiger partial charge on any atom is -0.697 e. The molecule has 0 saturated carbocycles. The van der Waals surface area contributed by atoms with Crippen molar-refractivity contribution < 1.29 is 21.8 Å². The number of terminal acetylenes is 1. The van der Waals surface area contributed by atoms with Crippen LogP contribution in [0, 0.1) is 12.8 Å². The quantitative estimate of drug-likeness (QED) is 0.379. The van der Waals surface area contributed by atoms with Gasteiger partial charge in [0.05, 0.1) is 7.11 Å². The van der Waals surface area contributed by atoms with Crippen LogP contribution in [0.25, 0.3) is 0 Å². The van der Waals surface area contributed by atoms with Crippen molar-refractivity contribution in [2.45, 2.75) is 0 Å². The summed E-state index contributed by atoms with van der Waals surface area (Å²) in [7, 11) is 1.66. The van der Waals surface area contributed by atoms with Crippen molar-refractivity contribution in [3.63, 3.8) is 0 Å². The Bertz CT molecular complexity index is 181. The Morgan fingerprint density at radius 1 is 1.18 bits per heavy atom. The summed E-state index contributed by atoms with van der Waals surface area (Å²) in [5.41, 5.74) is 0. The first-order valence-electron chi connectivity index (χ1n) is 2.81. The topological polar surface area (TPSA) is 9.23 Å². The van der Waals surface area contributed by atoms with Crippen LogP contribution in [0.1, 0.15) is 0 Å². The third-order valence-corrected chi connectivity index (χ3v) is 0.979. The second kappa shape index (κ2) is 9.10. The molecule has 0 amide bonds. The molecule has 2 heteroatoms. The van der Waals surface area contributed by atoms with E-state index in [-0.39, 0.29) is 17.1 Å². The van der Waals surface area contributed by atoms with Crippen LogP contribution in [0.5, 0.6) is 5.75 Å². The minimum absolute atomic E-state index is 0. The molecular weight excluding hydrogens is 188 g/mol. The van der Waals surface area contributed by atoms with Gasteiger partial charge >= 0.3 is 17.1 Å². The molecule has 62 valence electrons. The van der Waals surface area contributed by atoms with E-state index in [2.05, 4.69) is 6.42 Å². The maximum atomic E-state index is 5.25. The number of hydrogen-bond acceptors (Lipinski definition) is 1. The Kier molecular flexibility index (Phi) is 10.5. The van der Waals surface area contributed by atoms with Crippen LogP contribution in [0.2, 0.25) is 0 Å². The zero-order valence-electron chi connectivity index (χ0n) is 6.17. The van der Waals surface area contributed by atoms with Gasteiger partial charge < -0.3 is 17.6 Å². The van der Waals surface area contributed by atoms with Crippen molar-refractivity contribution in [1.82, 2.24) is 0 Å². The normalized spacial score (nSPS) is 6.45. The molecule has 0 radical (unpaired) electrons. The molecular formula is C9H9CuO. The summed E-state index contributed by atoms with van der Waals surface area (Å²) in [5.74, 6) is 0.910. The van der Waals surface area contributed by atoms with Gasteiger partial charge in [0, 0.05) is 0 Å². The Labute approximate surface area is 78.2 Å². The van der Waals surface area contributed by atoms with E-state index in [9.17, 15) is 0 Å². The number of hydrogen-bond donors (Lipinski definition) is 0. The van der Waals surface area contributed by atoms with Crippen LogP contribution in [-0.2, 0) is 17.1 Å². The van der Waals surface area contributed by atoms with Crippen LogP contribution in [-0.4, -0.2) is 7.11 Å². The monoisotopic (exact) mass is 196 g/mol. The van der Waals surface area contributed by atoms with E-state index in [0.29, 0.717) is 0 Å². The minimum atomic E-state index is 0. The van der Waals surface area contributed by atoms with E-state index in [0.717, 1.165) is 5.75 Å². The average Bonchev–Trinajstić information content (AvgIpc) is 2.10. The number of rotatable bonds is 1. The van der Waals surface area contributed by atoms with E-state index in [1.807, 2.05) is 30.3 Å². The maximum Gasteiger partial charge on any atom is 1.00 e. The molecule has 0 atom stereocenters. The predicted molar refractivity (Wildman–Crippen MR) is 41.2 cm³/mol. The van der Waals surface area contributed by atoms with E-state index >= 15 is 0 Å². The molecule has 0 heterocycles. The Hall–Kier alpha value is -0.901. The molecule has 1 rings (SSSR count). The number of methoxy groups -OCH3 is 1. The predicted octanol–water partition coefficient (Wildman–Crippen LogP) is 1.90. The van der Waals surface area contributed by atoms with E-state index in [4.69, 9.17) is 11.2 Å². The van der Waals surface area contributed by atoms with Gasteiger partial charge in [-0.3, -0.25) is 0 Å². The first kappa shape index (κ1) is 12.7. The summed E-state index contributed by atoms with van der Waals surface area (Å²) in [6.07, 6.45) is 9.00. The third-order valence-electron chi connectivity index (χ3n) is 0.979. The van der Waals surface area contributed by atoms with Crippen molar-refractivity contribution >= 4 is 0 Å². The molecule has 0 saturated heterocycles. The summed E-state index contributed by atoms with van der Waals surface area (Å²) < 4.78 is 4.91. The van der Waals surface area contributed by atoms with Crippen LogP contribution in [0.4, 0.5) is 0 Å². The molecule has 0 aromatic heterocycles. The average molecular weight is 197 g/mol. The first-order valence-corrected chi connectivity index (χ1v) is 2.81. The van der Waals surface area contributed by atoms with E-state index in [1.165, 1.54) is 0 Å². The third kappa shape index (κ3) is 5.54. The van der Waals surface area contributed by atoms with Gasteiger partial charge in [-0.25, -0.2) is 0 Å². The molecule has 0 aliphatic heterocycles. The molecule has 0 N–H and O–H groups in total. The van der Waals surface area contributed by atoms with Crippen molar-refractivity contribution in [1.29, 1.82) is 0 Å². The van der Waals surface area contributed by atoms with Gasteiger partial charge in [0.2, 0.25) is 0 Å². The van der Waals surface area contributed by atoms with E-state index in [1.54, 1.807) is 7.11 Å². The second-order valence-corrected chi connectivity index (χ2v) is 1.52. The zero-order chi connectivity index (χ0) is 7.82. The zero-order valence-corrected chi connectivity index (χ0v) is 7.12. The van der Waals surface area contributed by atoms with Crippen molar-refractivity contribution in [3.05, 3.63) is 36.8 Å². The molecule has 0 bridgehead atoms. The summed E-state index contributed by atoms with van der Waals surface area (Å²) in [6.45, 7) is 0. The number of ether oxygens (including phenoxy) is 1. The van der Waals surface area contributed by atoms with Gasteiger partial charge in [-0.1, -0.05) is 18.2 Å². The molecule has 0 aliphatic rings. The number of benzene rings is 1. The van der Waals surface area contributed by atoms with Gasteiger partial charge in [0.25, 0.3) is 0 Å². The largest absolute Gasteiger partial charge is 1.00 e. The second-order valence-electron chi connectivity index (χ2n) is 1.52. The van der Waals surface area contributed by atoms with Crippen molar-refractivity contribution in [2.75, 3.05) is 7.11 Å². The summed E-state index contributed by atoms with van der Waals surface area (Å²) in [6, 6.07) is 9.68. The van der Waals surface area contributed by atoms with Gasteiger partial charge in [0.1, 0.15) is 5.75 Å². The molecule has 0 unspecified atom stereocenters. The molecule has 1 aromatic rings. The van der Waals surface area contributed by atoms with Crippen LogP contribution in [0.3, 0.4) is 0 Å². The maximum absolute atomic E-state index is 5.25. The standard InChI is InChI=1S/C7H8O.C2H.Cu/c1-8-7-5-3-2-4-6-7;1-2;/h2-6H,1H3;1H;/q;-1;+1. The van der Waals surface area contributed by atoms with Crippen LogP contribution >= 0.6 is 0 Å². The van der Waals surface area contributed by atoms with Gasteiger partial charge in [-0.15, -0.1) is 0 Å².